The van der Waals surface area contributed by atoms with Crippen molar-refractivity contribution in [2.45, 2.75) is 0 Å². The molecule has 3 aromatic rings. The number of aromatic carboxylic acids is 1. The standard InChI is InChI=1S/C15H9ClFN3O3/c16-10-4-8-12(5-11(10)17)20(6-9(14(8)21)15(22)23)7-1-2-19-13(18)3-7/h1-6H,(H2,18,19)(H,22,23). The van der Waals surface area contributed by atoms with Crippen molar-refractivity contribution in [1.29, 1.82) is 0 Å². The van der Waals surface area contributed by atoms with Gasteiger partial charge in [-0.05, 0) is 12.1 Å². The average Bonchev–Trinajstić information content (AvgIpc) is 2.49. The summed E-state index contributed by atoms with van der Waals surface area (Å²) in [5, 5.41) is 8.94. The van der Waals surface area contributed by atoms with Crippen LogP contribution >= 0.6 is 11.6 Å². The van der Waals surface area contributed by atoms with Gasteiger partial charge in [0.1, 0.15) is 17.2 Å². The van der Waals surface area contributed by atoms with Crippen molar-refractivity contribution in [2.24, 2.45) is 0 Å². The summed E-state index contributed by atoms with van der Waals surface area (Å²) in [5.41, 5.74) is 5.03. The smallest absolute Gasteiger partial charge is 0.341 e. The SMILES string of the molecule is Nc1cc(-n2cc(C(=O)O)c(=O)c3cc(Cl)c(F)cc32)ccn1. The average molecular weight is 334 g/mol. The summed E-state index contributed by atoms with van der Waals surface area (Å²) in [5.74, 6) is -1.92. The van der Waals surface area contributed by atoms with Crippen LogP contribution in [-0.2, 0) is 0 Å². The highest BCUT2D eigenvalue weighted by Gasteiger charge is 2.17. The van der Waals surface area contributed by atoms with E-state index in [1.165, 1.54) is 16.8 Å². The monoisotopic (exact) mass is 333 g/mol. The predicted molar refractivity (Wildman–Crippen MR) is 83.7 cm³/mol. The molecule has 8 heteroatoms. The third-order valence-corrected chi connectivity index (χ3v) is 3.61. The van der Waals surface area contributed by atoms with Crippen LogP contribution in [0.4, 0.5) is 10.2 Å². The van der Waals surface area contributed by atoms with Crippen LogP contribution < -0.4 is 11.2 Å². The van der Waals surface area contributed by atoms with E-state index < -0.39 is 22.8 Å². The minimum atomic E-state index is -1.40. The largest absolute Gasteiger partial charge is 0.477 e. The normalized spacial score (nSPS) is 10.9. The molecule has 0 fully saturated rings. The lowest BCUT2D eigenvalue weighted by Crippen LogP contribution is -2.18. The van der Waals surface area contributed by atoms with E-state index in [0.29, 0.717) is 5.69 Å². The van der Waals surface area contributed by atoms with E-state index in [1.54, 1.807) is 6.07 Å². The van der Waals surface area contributed by atoms with Crippen molar-refractivity contribution in [3.63, 3.8) is 0 Å². The number of hydrogen-bond donors (Lipinski definition) is 2. The molecule has 116 valence electrons. The number of nitrogens with two attached hydrogens (primary N) is 1. The quantitative estimate of drug-likeness (QED) is 0.750. The van der Waals surface area contributed by atoms with Crippen molar-refractivity contribution < 1.29 is 14.3 Å². The van der Waals surface area contributed by atoms with E-state index in [-0.39, 0.29) is 21.7 Å². The number of nitrogen functional groups attached to an aromatic ring is 1. The van der Waals surface area contributed by atoms with Gasteiger partial charge in [-0.25, -0.2) is 14.2 Å². The van der Waals surface area contributed by atoms with Gasteiger partial charge in [0.2, 0.25) is 5.43 Å². The van der Waals surface area contributed by atoms with Crippen molar-refractivity contribution in [3.05, 3.63) is 63.3 Å². The third-order valence-electron chi connectivity index (χ3n) is 3.32. The minimum Gasteiger partial charge on any atom is -0.477 e. The molecule has 0 unspecified atom stereocenters. The lowest BCUT2D eigenvalue weighted by Gasteiger charge is -2.13. The molecule has 2 heterocycles. The van der Waals surface area contributed by atoms with Gasteiger partial charge >= 0.3 is 5.97 Å². The van der Waals surface area contributed by atoms with Gasteiger partial charge in [0, 0.05) is 29.9 Å². The molecule has 6 nitrogen and oxygen atoms in total. The number of fused-ring (bicyclic) bond motifs is 1. The molecule has 0 aliphatic heterocycles. The zero-order valence-electron chi connectivity index (χ0n) is 11.5. The Morgan fingerprint density at radius 2 is 2.09 bits per heavy atom. The molecular weight excluding hydrogens is 325 g/mol. The Bertz CT molecular complexity index is 1020. The molecule has 0 bridgehead atoms. The maximum atomic E-state index is 13.8. The number of carboxylic acids is 1. The third kappa shape index (κ3) is 2.51. The number of halogens is 2. The van der Waals surface area contributed by atoms with Gasteiger partial charge < -0.3 is 15.4 Å². The topological polar surface area (TPSA) is 98.2 Å². The highest BCUT2D eigenvalue weighted by molar-refractivity contribution is 6.31. The number of benzene rings is 1. The second-order valence-corrected chi connectivity index (χ2v) is 5.18. The zero-order chi connectivity index (χ0) is 16.7. The molecular formula is C15H9ClFN3O3. The van der Waals surface area contributed by atoms with Crippen molar-refractivity contribution >= 4 is 34.3 Å². The minimum absolute atomic E-state index is 0.00770. The molecule has 0 atom stereocenters. The number of anilines is 1. The molecule has 0 saturated heterocycles. The van der Waals surface area contributed by atoms with Gasteiger partial charge in [0.25, 0.3) is 0 Å². The van der Waals surface area contributed by atoms with Gasteiger partial charge in [-0.1, -0.05) is 11.6 Å². The summed E-state index contributed by atoms with van der Waals surface area (Å²) >= 11 is 5.71. The van der Waals surface area contributed by atoms with Gasteiger partial charge in [-0.2, -0.15) is 0 Å². The van der Waals surface area contributed by atoms with E-state index in [0.717, 1.165) is 18.3 Å². The summed E-state index contributed by atoms with van der Waals surface area (Å²) in [7, 11) is 0. The fraction of sp³-hybridized carbons (Fsp3) is 0. The van der Waals surface area contributed by atoms with Crippen molar-refractivity contribution in [1.82, 2.24) is 9.55 Å². The van der Waals surface area contributed by atoms with E-state index in [4.69, 9.17) is 17.3 Å². The van der Waals surface area contributed by atoms with Gasteiger partial charge in [0.05, 0.1) is 16.2 Å². The van der Waals surface area contributed by atoms with Crippen molar-refractivity contribution in [3.8, 4) is 5.69 Å². The molecule has 0 saturated carbocycles. The Balaban J connectivity index is 2.49. The second kappa shape index (κ2) is 5.36. The first-order valence-electron chi connectivity index (χ1n) is 6.38. The first kappa shape index (κ1) is 15.0. The Labute approximate surface area is 133 Å². The second-order valence-electron chi connectivity index (χ2n) is 4.77. The molecule has 0 radical (unpaired) electrons. The van der Waals surface area contributed by atoms with Gasteiger partial charge in [-0.3, -0.25) is 4.79 Å². The maximum Gasteiger partial charge on any atom is 0.341 e. The Kier molecular flexibility index (Phi) is 3.49. The number of nitrogens with zero attached hydrogens (tertiary/aromatic N) is 2. The number of rotatable bonds is 2. The fourth-order valence-corrected chi connectivity index (χ4v) is 2.44. The van der Waals surface area contributed by atoms with Crippen LogP contribution in [0.1, 0.15) is 10.4 Å². The molecule has 0 aliphatic rings. The molecule has 23 heavy (non-hydrogen) atoms. The van der Waals surface area contributed by atoms with Crippen LogP contribution in [0.25, 0.3) is 16.6 Å². The van der Waals surface area contributed by atoms with E-state index in [9.17, 15) is 19.1 Å². The van der Waals surface area contributed by atoms with E-state index in [2.05, 4.69) is 4.98 Å². The Hall–Kier alpha value is -2.93. The Morgan fingerprint density at radius 1 is 1.35 bits per heavy atom. The van der Waals surface area contributed by atoms with E-state index >= 15 is 0 Å². The number of aromatic nitrogens is 2. The lowest BCUT2D eigenvalue weighted by atomic mass is 10.1. The molecule has 2 aromatic heterocycles. The van der Waals surface area contributed by atoms with Crippen LogP contribution in [0, 0.1) is 5.82 Å². The molecule has 1 aromatic carbocycles. The van der Waals surface area contributed by atoms with Gasteiger partial charge in [0.15, 0.2) is 0 Å². The maximum absolute atomic E-state index is 13.8. The summed E-state index contributed by atoms with van der Waals surface area (Å²) in [4.78, 5) is 27.4. The summed E-state index contributed by atoms with van der Waals surface area (Å²) < 4.78 is 15.2. The first-order valence-corrected chi connectivity index (χ1v) is 6.76. The summed E-state index contributed by atoms with van der Waals surface area (Å²) in [6.07, 6.45) is 2.54. The highest BCUT2D eigenvalue weighted by Crippen LogP contribution is 2.24. The summed E-state index contributed by atoms with van der Waals surface area (Å²) in [6, 6.07) is 5.21. The summed E-state index contributed by atoms with van der Waals surface area (Å²) in [6.45, 7) is 0. The molecule has 0 aliphatic carbocycles. The van der Waals surface area contributed by atoms with E-state index in [1.807, 2.05) is 0 Å². The highest BCUT2D eigenvalue weighted by atomic mass is 35.5. The predicted octanol–water partition coefficient (Wildman–Crippen LogP) is 2.46. The van der Waals surface area contributed by atoms with Crippen LogP contribution in [0.3, 0.4) is 0 Å². The van der Waals surface area contributed by atoms with Crippen LogP contribution in [0.2, 0.25) is 5.02 Å². The first-order chi connectivity index (χ1) is 10.9. The van der Waals surface area contributed by atoms with Crippen LogP contribution in [0.15, 0.2) is 41.5 Å². The van der Waals surface area contributed by atoms with Crippen LogP contribution in [0.5, 0.6) is 0 Å². The van der Waals surface area contributed by atoms with Crippen LogP contribution in [-0.4, -0.2) is 20.6 Å². The lowest BCUT2D eigenvalue weighted by molar-refractivity contribution is 0.0695. The van der Waals surface area contributed by atoms with Gasteiger partial charge in [-0.15, -0.1) is 0 Å². The Morgan fingerprint density at radius 3 is 2.74 bits per heavy atom. The molecule has 3 N–H and O–H groups in total. The molecule has 3 rings (SSSR count). The number of carboxylic acid groups (broad SMARTS) is 1. The zero-order valence-corrected chi connectivity index (χ0v) is 12.2. The van der Waals surface area contributed by atoms with Crippen molar-refractivity contribution in [2.75, 3.05) is 5.73 Å². The fourth-order valence-electron chi connectivity index (χ4n) is 2.27. The molecule has 0 spiro atoms. The number of pyridine rings is 2. The molecule has 0 amide bonds. The number of hydrogen-bond acceptors (Lipinski definition) is 4. The number of carbonyl (C=O) groups is 1.